The highest BCUT2D eigenvalue weighted by Gasteiger charge is 2.21. The summed E-state index contributed by atoms with van der Waals surface area (Å²) in [5.74, 6) is 0.472. The van der Waals surface area contributed by atoms with Crippen LogP contribution in [-0.2, 0) is 4.74 Å². The van der Waals surface area contributed by atoms with E-state index in [0.29, 0.717) is 18.5 Å². The number of hydrogen-bond donors (Lipinski definition) is 0. The fourth-order valence-electron chi connectivity index (χ4n) is 1.07. The van der Waals surface area contributed by atoms with Gasteiger partial charge in [0.05, 0.1) is 19.3 Å². The Kier molecular flexibility index (Phi) is 2.45. The summed E-state index contributed by atoms with van der Waals surface area (Å²) >= 11 is 0. The second kappa shape index (κ2) is 3.75. The van der Waals surface area contributed by atoms with Gasteiger partial charge in [-0.1, -0.05) is 0 Å². The summed E-state index contributed by atoms with van der Waals surface area (Å²) in [7, 11) is 0. The highest BCUT2D eigenvalue weighted by Crippen LogP contribution is 2.15. The minimum Gasteiger partial charge on any atom is -0.493 e. The van der Waals surface area contributed by atoms with Gasteiger partial charge in [-0.3, -0.25) is 0 Å². The van der Waals surface area contributed by atoms with E-state index in [0.717, 1.165) is 13.0 Å². The van der Waals surface area contributed by atoms with Crippen molar-refractivity contribution in [1.29, 1.82) is 0 Å². The number of rotatable bonds is 4. The van der Waals surface area contributed by atoms with Crippen molar-refractivity contribution in [3.05, 3.63) is 30.1 Å². The molecule has 0 spiro atoms. The summed E-state index contributed by atoms with van der Waals surface area (Å²) in [6.45, 7) is 1.49. The molecule has 0 N–H and O–H groups in total. The first-order chi connectivity index (χ1) is 6.34. The van der Waals surface area contributed by atoms with Crippen LogP contribution in [0.5, 0.6) is 5.75 Å². The molecule has 1 atom stereocenters. The largest absolute Gasteiger partial charge is 0.493 e. The Morgan fingerprint density at radius 1 is 1.38 bits per heavy atom. The first kappa shape index (κ1) is 8.51. The van der Waals surface area contributed by atoms with Crippen molar-refractivity contribution < 1.29 is 13.9 Å². The topological polar surface area (TPSA) is 21.8 Å². The molecule has 1 aliphatic rings. The Bertz CT molecular complexity index is 267. The van der Waals surface area contributed by atoms with E-state index in [4.69, 9.17) is 9.47 Å². The van der Waals surface area contributed by atoms with Gasteiger partial charge < -0.3 is 9.47 Å². The van der Waals surface area contributed by atoms with Crippen molar-refractivity contribution in [1.82, 2.24) is 0 Å². The number of halogens is 1. The lowest BCUT2D eigenvalue weighted by Gasteiger charge is -2.03. The van der Waals surface area contributed by atoms with Crippen molar-refractivity contribution >= 4 is 0 Å². The van der Waals surface area contributed by atoms with E-state index in [1.807, 2.05) is 0 Å². The third kappa shape index (κ3) is 2.70. The Morgan fingerprint density at radius 2 is 2.08 bits per heavy atom. The maximum atomic E-state index is 12.5. The van der Waals surface area contributed by atoms with E-state index in [2.05, 4.69) is 0 Å². The van der Waals surface area contributed by atoms with Crippen molar-refractivity contribution in [3.63, 3.8) is 0 Å². The van der Waals surface area contributed by atoms with Gasteiger partial charge in [0.25, 0.3) is 0 Å². The van der Waals surface area contributed by atoms with Crippen molar-refractivity contribution in [2.75, 3.05) is 13.2 Å². The summed E-state index contributed by atoms with van der Waals surface area (Å²) in [4.78, 5) is 0. The van der Waals surface area contributed by atoms with Gasteiger partial charge in [0.1, 0.15) is 11.6 Å². The normalized spacial score (nSPS) is 19.9. The standard InChI is InChI=1S/C10H11FO2/c11-8-1-3-9(4-2-8)12-6-5-10-7-13-10/h1-4,10H,5-7H2. The Labute approximate surface area is 76.3 Å². The average Bonchev–Trinajstić information content (AvgIpc) is 2.92. The van der Waals surface area contributed by atoms with Crippen molar-refractivity contribution in [3.8, 4) is 5.75 Å². The van der Waals surface area contributed by atoms with E-state index in [1.54, 1.807) is 12.1 Å². The highest BCUT2D eigenvalue weighted by atomic mass is 19.1. The van der Waals surface area contributed by atoms with Crippen LogP contribution in [0.1, 0.15) is 6.42 Å². The van der Waals surface area contributed by atoms with Crippen LogP contribution in [0.2, 0.25) is 0 Å². The smallest absolute Gasteiger partial charge is 0.123 e. The molecule has 1 aliphatic heterocycles. The monoisotopic (exact) mass is 182 g/mol. The van der Waals surface area contributed by atoms with Gasteiger partial charge in [0.2, 0.25) is 0 Å². The molecule has 1 aromatic carbocycles. The van der Waals surface area contributed by atoms with E-state index in [-0.39, 0.29) is 5.82 Å². The third-order valence-corrected chi connectivity index (χ3v) is 1.92. The van der Waals surface area contributed by atoms with Crippen LogP contribution in [0.25, 0.3) is 0 Å². The molecule has 1 saturated heterocycles. The maximum Gasteiger partial charge on any atom is 0.123 e. The predicted octanol–water partition coefficient (Wildman–Crippen LogP) is 1.99. The first-order valence-corrected chi connectivity index (χ1v) is 4.34. The molecule has 1 aromatic rings. The molecular weight excluding hydrogens is 171 g/mol. The van der Waals surface area contributed by atoms with E-state index in [9.17, 15) is 4.39 Å². The van der Waals surface area contributed by atoms with Gasteiger partial charge >= 0.3 is 0 Å². The van der Waals surface area contributed by atoms with Crippen LogP contribution in [0.3, 0.4) is 0 Å². The molecule has 70 valence electrons. The molecule has 1 unspecified atom stereocenters. The third-order valence-electron chi connectivity index (χ3n) is 1.92. The molecule has 0 amide bonds. The molecule has 1 heterocycles. The lowest BCUT2D eigenvalue weighted by molar-refractivity contribution is 0.283. The van der Waals surface area contributed by atoms with Gasteiger partial charge in [0, 0.05) is 6.42 Å². The lowest BCUT2D eigenvalue weighted by Crippen LogP contribution is -2.00. The average molecular weight is 182 g/mol. The Morgan fingerprint density at radius 3 is 2.69 bits per heavy atom. The van der Waals surface area contributed by atoms with E-state index >= 15 is 0 Å². The number of epoxide rings is 1. The van der Waals surface area contributed by atoms with Gasteiger partial charge in [-0.25, -0.2) is 4.39 Å². The van der Waals surface area contributed by atoms with Gasteiger partial charge in [-0.15, -0.1) is 0 Å². The maximum absolute atomic E-state index is 12.5. The molecule has 0 radical (unpaired) electrons. The zero-order valence-corrected chi connectivity index (χ0v) is 7.20. The molecule has 2 nitrogen and oxygen atoms in total. The van der Waals surface area contributed by atoms with Crippen molar-refractivity contribution in [2.45, 2.75) is 12.5 Å². The summed E-state index contributed by atoms with van der Waals surface area (Å²) in [5, 5.41) is 0. The van der Waals surface area contributed by atoms with E-state index in [1.165, 1.54) is 12.1 Å². The quantitative estimate of drug-likeness (QED) is 0.664. The number of ether oxygens (including phenoxy) is 2. The van der Waals surface area contributed by atoms with Crippen LogP contribution in [0, 0.1) is 5.82 Å². The summed E-state index contributed by atoms with van der Waals surface area (Å²) in [6, 6.07) is 6.04. The second-order valence-electron chi connectivity index (χ2n) is 3.05. The molecule has 3 heteroatoms. The van der Waals surface area contributed by atoms with Gasteiger partial charge in [0.15, 0.2) is 0 Å². The Hall–Kier alpha value is -1.09. The minimum atomic E-state index is -0.238. The lowest BCUT2D eigenvalue weighted by atomic mass is 10.3. The highest BCUT2D eigenvalue weighted by molar-refractivity contribution is 5.21. The molecule has 0 saturated carbocycles. The first-order valence-electron chi connectivity index (χ1n) is 4.34. The fraction of sp³-hybridized carbons (Fsp3) is 0.400. The summed E-state index contributed by atoms with van der Waals surface area (Å²) in [6.07, 6.45) is 1.30. The van der Waals surface area contributed by atoms with Crippen molar-refractivity contribution in [2.24, 2.45) is 0 Å². The fourth-order valence-corrected chi connectivity index (χ4v) is 1.07. The molecular formula is C10H11FO2. The van der Waals surface area contributed by atoms with Crippen LogP contribution in [-0.4, -0.2) is 19.3 Å². The summed E-state index contributed by atoms with van der Waals surface area (Å²) in [5.41, 5.74) is 0. The minimum absolute atomic E-state index is 0.238. The predicted molar refractivity (Wildman–Crippen MR) is 46.3 cm³/mol. The number of hydrogen-bond acceptors (Lipinski definition) is 2. The molecule has 0 bridgehead atoms. The summed E-state index contributed by atoms with van der Waals surface area (Å²) < 4.78 is 22.9. The second-order valence-corrected chi connectivity index (χ2v) is 3.05. The van der Waals surface area contributed by atoms with Gasteiger partial charge in [-0.2, -0.15) is 0 Å². The molecule has 1 fully saturated rings. The zero-order valence-electron chi connectivity index (χ0n) is 7.20. The van der Waals surface area contributed by atoms with Crippen LogP contribution in [0.4, 0.5) is 4.39 Å². The zero-order chi connectivity index (χ0) is 9.10. The Balaban J connectivity index is 1.76. The molecule has 2 rings (SSSR count). The number of benzene rings is 1. The van der Waals surface area contributed by atoms with Crippen LogP contribution in [0.15, 0.2) is 24.3 Å². The van der Waals surface area contributed by atoms with E-state index < -0.39 is 0 Å². The van der Waals surface area contributed by atoms with Crippen LogP contribution < -0.4 is 4.74 Å². The van der Waals surface area contributed by atoms with Crippen LogP contribution >= 0.6 is 0 Å². The molecule has 13 heavy (non-hydrogen) atoms. The molecule has 0 aliphatic carbocycles. The molecule has 0 aromatic heterocycles. The SMILES string of the molecule is Fc1ccc(OCCC2CO2)cc1. The van der Waals surface area contributed by atoms with Gasteiger partial charge in [-0.05, 0) is 24.3 Å².